The number of alkyl carbamates (subject to hydrolysis) is 1. The van der Waals surface area contributed by atoms with Crippen LogP contribution in [0.5, 0.6) is 0 Å². The summed E-state index contributed by atoms with van der Waals surface area (Å²) in [4.78, 5) is 29.2. The molecule has 1 saturated heterocycles. The van der Waals surface area contributed by atoms with E-state index in [-0.39, 0.29) is 25.3 Å². The number of aromatic nitrogens is 1. The predicted molar refractivity (Wildman–Crippen MR) is 105 cm³/mol. The lowest BCUT2D eigenvalue weighted by Gasteiger charge is -2.22. The van der Waals surface area contributed by atoms with Crippen LogP contribution in [0.2, 0.25) is 0 Å². The molecule has 4 rings (SSSR count). The number of hydrogen-bond acceptors (Lipinski definition) is 4. The molecule has 1 aliphatic heterocycles. The van der Waals surface area contributed by atoms with E-state index in [1.807, 2.05) is 18.2 Å². The Kier molecular flexibility index (Phi) is 4.94. The number of fused-ring (bicyclic) bond motifs is 1. The Balaban J connectivity index is 1.35. The van der Waals surface area contributed by atoms with Gasteiger partial charge in [-0.3, -0.25) is 4.79 Å². The number of H-pyrrole nitrogens is 1. The Hall–Kier alpha value is -3.39. The molecular weight excluding hydrogens is 377 g/mol. The Labute approximate surface area is 166 Å². The van der Waals surface area contributed by atoms with Crippen molar-refractivity contribution in [3.8, 4) is 0 Å². The first kappa shape index (κ1) is 18.9. The lowest BCUT2D eigenvalue weighted by atomic mass is 10.1. The fourth-order valence-corrected chi connectivity index (χ4v) is 3.42. The van der Waals surface area contributed by atoms with Gasteiger partial charge in [-0.25, -0.2) is 9.18 Å². The third kappa shape index (κ3) is 3.93. The van der Waals surface area contributed by atoms with Gasteiger partial charge in [0.25, 0.3) is 11.7 Å². The van der Waals surface area contributed by atoms with Crippen molar-refractivity contribution in [3.63, 3.8) is 0 Å². The van der Waals surface area contributed by atoms with Crippen LogP contribution in [-0.2, 0) is 16.0 Å². The summed E-state index contributed by atoms with van der Waals surface area (Å²) < 4.78 is 18.2. The van der Waals surface area contributed by atoms with Crippen molar-refractivity contribution < 1.29 is 23.8 Å². The number of aliphatic hydroxyl groups is 1. The van der Waals surface area contributed by atoms with Crippen LogP contribution in [0.3, 0.4) is 0 Å². The number of carbonyl (C=O) groups is 2. The van der Waals surface area contributed by atoms with Gasteiger partial charge in [0.2, 0.25) is 0 Å². The van der Waals surface area contributed by atoms with Crippen molar-refractivity contribution in [2.75, 3.05) is 18.0 Å². The Morgan fingerprint density at radius 1 is 1.28 bits per heavy atom. The number of aromatic amines is 1. The molecule has 3 aromatic rings. The number of anilines is 1. The van der Waals surface area contributed by atoms with Crippen LogP contribution in [0, 0.1) is 5.82 Å². The number of halogens is 1. The third-order valence-electron chi connectivity index (χ3n) is 4.94. The number of amides is 2. The van der Waals surface area contributed by atoms with Crippen LogP contribution in [0.4, 0.5) is 14.9 Å². The molecule has 0 unspecified atom stereocenters. The first-order valence-electron chi connectivity index (χ1n) is 9.27. The second kappa shape index (κ2) is 7.56. The molecule has 0 spiro atoms. The van der Waals surface area contributed by atoms with Crippen molar-refractivity contribution in [1.29, 1.82) is 0 Å². The van der Waals surface area contributed by atoms with Gasteiger partial charge in [0.05, 0.1) is 0 Å². The van der Waals surface area contributed by atoms with Gasteiger partial charge >= 0.3 is 6.09 Å². The summed E-state index contributed by atoms with van der Waals surface area (Å²) in [5.41, 5.74) is 2.27. The van der Waals surface area contributed by atoms with E-state index in [0.717, 1.165) is 10.9 Å². The maximum Gasteiger partial charge on any atom is 0.410 e. The summed E-state index contributed by atoms with van der Waals surface area (Å²) in [5, 5.41) is 14.0. The minimum Gasteiger partial charge on any atom is -0.407 e. The van der Waals surface area contributed by atoms with E-state index < -0.39 is 17.8 Å². The number of benzene rings is 2. The number of nitrogens with zero attached hydrogens (tertiary/aromatic N) is 1. The maximum atomic E-state index is 13.2. The molecule has 0 bridgehead atoms. The molecule has 0 radical (unpaired) electrons. The molecule has 1 aliphatic rings. The molecule has 2 amide bonds. The largest absolute Gasteiger partial charge is 0.410 e. The quantitative estimate of drug-likeness (QED) is 0.577. The number of carbonyl (C=O) groups excluding carboxylic acids is 2. The van der Waals surface area contributed by atoms with E-state index in [9.17, 15) is 19.1 Å². The van der Waals surface area contributed by atoms with Gasteiger partial charge in [0.1, 0.15) is 5.82 Å². The molecule has 29 heavy (non-hydrogen) atoms. The number of nitrogens with one attached hydrogen (secondary N) is 2. The van der Waals surface area contributed by atoms with Gasteiger partial charge in [-0.2, -0.15) is 0 Å². The smallest absolute Gasteiger partial charge is 0.407 e. The zero-order valence-electron chi connectivity index (χ0n) is 15.5. The van der Waals surface area contributed by atoms with Crippen molar-refractivity contribution >= 4 is 28.6 Å². The van der Waals surface area contributed by atoms with Crippen molar-refractivity contribution in [3.05, 3.63) is 66.1 Å². The first-order valence-corrected chi connectivity index (χ1v) is 9.27. The minimum atomic E-state index is -2.21. The van der Waals surface area contributed by atoms with Gasteiger partial charge in [-0.15, -0.1) is 0 Å². The van der Waals surface area contributed by atoms with E-state index in [1.54, 1.807) is 24.4 Å². The average Bonchev–Trinajstić information content (AvgIpc) is 3.26. The van der Waals surface area contributed by atoms with Crippen molar-refractivity contribution in [1.82, 2.24) is 10.3 Å². The maximum absolute atomic E-state index is 13.2. The zero-order valence-corrected chi connectivity index (χ0v) is 15.5. The first-order chi connectivity index (χ1) is 13.9. The van der Waals surface area contributed by atoms with Gasteiger partial charge in [-0.05, 0) is 48.4 Å². The fourth-order valence-electron chi connectivity index (χ4n) is 3.42. The molecule has 1 aromatic heterocycles. The molecule has 0 saturated carbocycles. The van der Waals surface area contributed by atoms with Crippen LogP contribution < -0.4 is 10.2 Å². The van der Waals surface area contributed by atoms with Crippen molar-refractivity contribution in [2.45, 2.75) is 18.6 Å². The zero-order chi connectivity index (χ0) is 20.4. The normalized spacial score (nSPS) is 19.0. The fraction of sp³-hybridized carbons (Fsp3) is 0.238. The van der Waals surface area contributed by atoms with E-state index in [2.05, 4.69) is 10.3 Å². The van der Waals surface area contributed by atoms with Crippen LogP contribution in [-0.4, -0.2) is 41.0 Å². The molecule has 0 aliphatic carbocycles. The van der Waals surface area contributed by atoms with E-state index in [0.29, 0.717) is 17.7 Å². The van der Waals surface area contributed by atoms with Crippen LogP contribution in [0.15, 0.2) is 54.7 Å². The topological polar surface area (TPSA) is 94.7 Å². The number of hydrogen-bond donors (Lipinski definition) is 3. The average molecular weight is 397 g/mol. The minimum absolute atomic E-state index is 0.0334. The standard InChI is InChI=1S/C21H20FN3O4/c22-16-3-1-2-14(12-16)6-9-24-20(27)29-21(28)8-11-25(19(21)26)17-4-5-18-15(13-17)7-10-23-18/h1-5,7,10,12-13,23,28H,6,8-9,11H2,(H,24,27)/t21-/m0/s1. The summed E-state index contributed by atoms with van der Waals surface area (Å²) in [6.45, 7) is 0.405. The lowest BCUT2D eigenvalue weighted by molar-refractivity contribution is -0.175. The van der Waals surface area contributed by atoms with Gasteiger partial charge in [-0.1, -0.05) is 12.1 Å². The Bertz CT molecular complexity index is 1070. The van der Waals surface area contributed by atoms with Gasteiger partial charge < -0.3 is 25.0 Å². The SMILES string of the molecule is O=C(NCCc1cccc(F)c1)O[C@@]1(O)CCN(c2ccc3[nH]ccc3c2)C1=O. The summed E-state index contributed by atoms with van der Waals surface area (Å²) in [5.74, 6) is -3.25. The summed E-state index contributed by atoms with van der Waals surface area (Å²) >= 11 is 0. The molecule has 7 nitrogen and oxygen atoms in total. The van der Waals surface area contributed by atoms with Crippen molar-refractivity contribution in [2.24, 2.45) is 0 Å². The number of rotatable bonds is 5. The predicted octanol–water partition coefficient (Wildman–Crippen LogP) is 2.70. The molecule has 8 heteroatoms. The second-order valence-electron chi connectivity index (χ2n) is 6.94. The number of ether oxygens (including phenoxy) is 1. The Morgan fingerprint density at radius 3 is 2.97 bits per heavy atom. The highest BCUT2D eigenvalue weighted by atomic mass is 19.1. The van der Waals surface area contributed by atoms with E-state index in [1.165, 1.54) is 17.0 Å². The summed E-state index contributed by atoms with van der Waals surface area (Å²) in [6, 6.07) is 13.4. The highest BCUT2D eigenvalue weighted by Crippen LogP contribution is 2.31. The molecule has 150 valence electrons. The molecule has 3 N–H and O–H groups in total. The molecule has 2 heterocycles. The van der Waals surface area contributed by atoms with Crippen LogP contribution in [0.25, 0.3) is 10.9 Å². The molecule has 1 fully saturated rings. The van der Waals surface area contributed by atoms with Crippen LogP contribution >= 0.6 is 0 Å². The van der Waals surface area contributed by atoms with Gasteiger partial charge in [0, 0.05) is 42.3 Å². The van der Waals surface area contributed by atoms with Crippen LogP contribution in [0.1, 0.15) is 12.0 Å². The lowest BCUT2D eigenvalue weighted by Crippen LogP contribution is -2.46. The van der Waals surface area contributed by atoms with Gasteiger partial charge in [0.15, 0.2) is 0 Å². The molecular formula is C21H20FN3O4. The molecule has 2 aromatic carbocycles. The molecule has 1 atom stereocenters. The van der Waals surface area contributed by atoms with E-state index in [4.69, 9.17) is 4.74 Å². The highest BCUT2D eigenvalue weighted by molar-refractivity contribution is 6.02. The third-order valence-corrected chi connectivity index (χ3v) is 4.94. The summed E-state index contributed by atoms with van der Waals surface area (Å²) in [7, 11) is 0. The monoisotopic (exact) mass is 397 g/mol. The Morgan fingerprint density at radius 2 is 2.14 bits per heavy atom. The van der Waals surface area contributed by atoms with E-state index >= 15 is 0 Å². The highest BCUT2D eigenvalue weighted by Gasteiger charge is 2.49. The summed E-state index contributed by atoms with van der Waals surface area (Å²) in [6.07, 6.45) is 1.25. The second-order valence-corrected chi connectivity index (χ2v) is 6.94.